The second-order valence-electron chi connectivity index (χ2n) is 3.10. The summed E-state index contributed by atoms with van der Waals surface area (Å²) in [5, 5.41) is 2.43. The number of ether oxygens (including phenoxy) is 2. The molecule has 0 rings (SSSR count). The maximum absolute atomic E-state index is 11.2. The SMILES string of the molecule is CCCCOC(=O)C(C)OC(=O)NCC. The first-order valence-electron chi connectivity index (χ1n) is 5.22. The quantitative estimate of drug-likeness (QED) is 0.540. The highest BCUT2D eigenvalue weighted by atomic mass is 16.6. The molecule has 0 aliphatic rings. The molecule has 0 aromatic rings. The fourth-order valence-corrected chi connectivity index (χ4v) is 0.829. The van der Waals surface area contributed by atoms with E-state index in [1.807, 2.05) is 6.92 Å². The monoisotopic (exact) mass is 217 g/mol. The molecule has 88 valence electrons. The molecule has 1 amide bonds. The molecule has 0 saturated heterocycles. The van der Waals surface area contributed by atoms with Crippen LogP contribution in [0.2, 0.25) is 0 Å². The van der Waals surface area contributed by atoms with Gasteiger partial charge in [-0.2, -0.15) is 0 Å². The van der Waals surface area contributed by atoms with E-state index < -0.39 is 18.2 Å². The van der Waals surface area contributed by atoms with Gasteiger partial charge in [-0.05, 0) is 20.3 Å². The average Bonchev–Trinajstić information content (AvgIpc) is 2.18. The third-order valence-corrected chi connectivity index (χ3v) is 1.68. The smallest absolute Gasteiger partial charge is 0.407 e. The van der Waals surface area contributed by atoms with Crippen LogP contribution in [0.4, 0.5) is 4.79 Å². The van der Waals surface area contributed by atoms with Crippen molar-refractivity contribution < 1.29 is 19.1 Å². The highest BCUT2D eigenvalue weighted by Gasteiger charge is 2.18. The van der Waals surface area contributed by atoms with Crippen molar-refractivity contribution in [3.63, 3.8) is 0 Å². The summed E-state index contributed by atoms with van der Waals surface area (Å²) < 4.78 is 9.64. The molecule has 1 unspecified atom stereocenters. The Balaban J connectivity index is 3.73. The standard InChI is InChI=1S/C10H19NO4/c1-4-6-7-14-9(12)8(3)15-10(13)11-5-2/h8H,4-7H2,1-3H3,(H,11,13). The van der Waals surface area contributed by atoms with Gasteiger partial charge in [0.2, 0.25) is 0 Å². The predicted octanol–water partition coefficient (Wildman–Crippen LogP) is 1.46. The Morgan fingerprint density at radius 3 is 2.53 bits per heavy atom. The zero-order chi connectivity index (χ0) is 11.7. The Morgan fingerprint density at radius 1 is 1.33 bits per heavy atom. The molecule has 0 aromatic carbocycles. The number of alkyl carbamates (subject to hydrolysis) is 1. The fraction of sp³-hybridized carbons (Fsp3) is 0.800. The normalized spacial score (nSPS) is 11.7. The van der Waals surface area contributed by atoms with Crippen molar-refractivity contribution in [1.82, 2.24) is 5.32 Å². The third-order valence-electron chi connectivity index (χ3n) is 1.68. The van der Waals surface area contributed by atoms with Gasteiger partial charge in [0.25, 0.3) is 0 Å². The number of nitrogens with one attached hydrogen (secondary N) is 1. The Bertz CT molecular complexity index is 206. The maximum Gasteiger partial charge on any atom is 0.407 e. The lowest BCUT2D eigenvalue weighted by Gasteiger charge is -2.12. The van der Waals surface area contributed by atoms with Gasteiger partial charge in [0.1, 0.15) is 0 Å². The minimum absolute atomic E-state index is 0.373. The van der Waals surface area contributed by atoms with Crippen molar-refractivity contribution in [2.75, 3.05) is 13.2 Å². The third kappa shape index (κ3) is 6.76. The lowest BCUT2D eigenvalue weighted by molar-refractivity contribution is -0.152. The summed E-state index contributed by atoms with van der Waals surface area (Å²) in [4.78, 5) is 22.2. The highest BCUT2D eigenvalue weighted by molar-refractivity contribution is 5.78. The number of rotatable bonds is 6. The molecule has 5 nitrogen and oxygen atoms in total. The van der Waals surface area contributed by atoms with Crippen LogP contribution in [0.15, 0.2) is 0 Å². The molecule has 0 aliphatic carbocycles. The Kier molecular flexibility index (Phi) is 7.40. The van der Waals surface area contributed by atoms with Gasteiger partial charge in [-0.3, -0.25) is 0 Å². The van der Waals surface area contributed by atoms with Crippen LogP contribution in [-0.4, -0.2) is 31.3 Å². The van der Waals surface area contributed by atoms with Crippen molar-refractivity contribution >= 4 is 12.1 Å². The molecular formula is C10H19NO4. The number of hydrogen-bond donors (Lipinski definition) is 1. The van der Waals surface area contributed by atoms with Crippen LogP contribution in [-0.2, 0) is 14.3 Å². The maximum atomic E-state index is 11.2. The predicted molar refractivity (Wildman–Crippen MR) is 55.5 cm³/mol. The van der Waals surface area contributed by atoms with Gasteiger partial charge < -0.3 is 14.8 Å². The first kappa shape index (κ1) is 13.7. The van der Waals surface area contributed by atoms with Crippen LogP contribution in [0.25, 0.3) is 0 Å². The number of carbonyl (C=O) groups excluding carboxylic acids is 2. The van der Waals surface area contributed by atoms with Gasteiger partial charge in [0, 0.05) is 6.54 Å². The van der Waals surface area contributed by atoms with Crippen LogP contribution in [0, 0.1) is 0 Å². The van der Waals surface area contributed by atoms with E-state index in [4.69, 9.17) is 9.47 Å². The number of amides is 1. The first-order valence-corrected chi connectivity index (χ1v) is 5.22. The van der Waals surface area contributed by atoms with Crippen molar-refractivity contribution in [3.8, 4) is 0 Å². The summed E-state index contributed by atoms with van der Waals surface area (Å²) in [6.07, 6.45) is 0.323. The number of unbranched alkanes of at least 4 members (excludes halogenated alkanes) is 1. The van der Waals surface area contributed by atoms with Gasteiger partial charge in [-0.1, -0.05) is 13.3 Å². The van der Waals surface area contributed by atoms with E-state index in [1.165, 1.54) is 6.92 Å². The van der Waals surface area contributed by atoms with E-state index in [1.54, 1.807) is 6.92 Å². The first-order chi connectivity index (χ1) is 7.11. The summed E-state index contributed by atoms with van der Waals surface area (Å²) in [5.74, 6) is -0.505. The molecule has 1 N–H and O–H groups in total. The van der Waals surface area contributed by atoms with Crippen molar-refractivity contribution in [2.24, 2.45) is 0 Å². The van der Waals surface area contributed by atoms with E-state index in [9.17, 15) is 9.59 Å². The molecule has 0 radical (unpaired) electrons. The molecule has 0 heterocycles. The van der Waals surface area contributed by atoms with Crippen LogP contribution in [0.5, 0.6) is 0 Å². The molecule has 0 spiro atoms. The number of carbonyl (C=O) groups is 2. The number of hydrogen-bond acceptors (Lipinski definition) is 4. The van der Waals surface area contributed by atoms with Crippen LogP contribution < -0.4 is 5.32 Å². The lowest BCUT2D eigenvalue weighted by atomic mass is 10.3. The zero-order valence-corrected chi connectivity index (χ0v) is 9.54. The summed E-state index contributed by atoms with van der Waals surface area (Å²) in [5.41, 5.74) is 0. The van der Waals surface area contributed by atoms with Crippen molar-refractivity contribution in [1.29, 1.82) is 0 Å². The second kappa shape index (κ2) is 8.08. The average molecular weight is 217 g/mol. The van der Waals surface area contributed by atoms with Gasteiger partial charge in [-0.25, -0.2) is 9.59 Å². The fourth-order valence-electron chi connectivity index (χ4n) is 0.829. The molecule has 0 aromatic heterocycles. The second-order valence-corrected chi connectivity index (χ2v) is 3.10. The van der Waals surface area contributed by atoms with Crippen LogP contribution in [0.3, 0.4) is 0 Å². The largest absolute Gasteiger partial charge is 0.463 e. The van der Waals surface area contributed by atoms with Gasteiger partial charge in [0.15, 0.2) is 6.10 Å². The van der Waals surface area contributed by atoms with E-state index in [0.717, 1.165) is 12.8 Å². The summed E-state index contributed by atoms with van der Waals surface area (Å²) >= 11 is 0. The lowest BCUT2D eigenvalue weighted by Crippen LogP contribution is -2.32. The Hall–Kier alpha value is -1.26. The molecule has 0 saturated carbocycles. The molecule has 0 fully saturated rings. The van der Waals surface area contributed by atoms with E-state index >= 15 is 0 Å². The van der Waals surface area contributed by atoms with Crippen molar-refractivity contribution in [3.05, 3.63) is 0 Å². The van der Waals surface area contributed by atoms with Crippen molar-refractivity contribution in [2.45, 2.75) is 39.7 Å². The summed E-state index contributed by atoms with van der Waals surface area (Å²) in [6.45, 7) is 6.10. The topological polar surface area (TPSA) is 64.6 Å². The van der Waals surface area contributed by atoms with Crippen LogP contribution >= 0.6 is 0 Å². The summed E-state index contributed by atoms with van der Waals surface area (Å²) in [7, 11) is 0. The van der Waals surface area contributed by atoms with E-state index in [2.05, 4.69) is 5.32 Å². The molecule has 5 heteroatoms. The minimum atomic E-state index is -0.853. The summed E-state index contributed by atoms with van der Waals surface area (Å²) in [6, 6.07) is 0. The Morgan fingerprint density at radius 2 is 2.00 bits per heavy atom. The molecular weight excluding hydrogens is 198 g/mol. The van der Waals surface area contributed by atoms with E-state index in [-0.39, 0.29) is 0 Å². The van der Waals surface area contributed by atoms with E-state index in [0.29, 0.717) is 13.2 Å². The van der Waals surface area contributed by atoms with Crippen LogP contribution in [0.1, 0.15) is 33.6 Å². The molecule has 1 atom stereocenters. The van der Waals surface area contributed by atoms with Gasteiger partial charge in [-0.15, -0.1) is 0 Å². The molecule has 15 heavy (non-hydrogen) atoms. The Labute approximate surface area is 90.1 Å². The molecule has 0 bridgehead atoms. The van der Waals surface area contributed by atoms with Gasteiger partial charge in [0.05, 0.1) is 6.61 Å². The minimum Gasteiger partial charge on any atom is -0.463 e. The highest BCUT2D eigenvalue weighted by Crippen LogP contribution is 1.97. The number of esters is 1. The zero-order valence-electron chi connectivity index (χ0n) is 9.54. The van der Waals surface area contributed by atoms with Gasteiger partial charge >= 0.3 is 12.1 Å². The molecule has 0 aliphatic heterocycles.